The Labute approximate surface area is 141 Å². The Morgan fingerprint density at radius 3 is 2.59 bits per heavy atom. The van der Waals surface area contributed by atoms with Gasteiger partial charge >= 0.3 is 6.09 Å². The van der Waals surface area contributed by atoms with E-state index in [2.05, 4.69) is 38.3 Å². The van der Waals surface area contributed by atoms with Crippen LogP contribution in [0.15, 0.2) is 22.7 Å². The van der Waals surface area contributed by atoms with Gasteiger partial charge in [-0.25, -0.2) is 4.79 Å². The van der Waals surface area contributed by atoms with Gasteiger partial charge in [-0.3, -0.25) is 0 Å². The van der Waals surface area contributed by atoms with Crippen molar-refractivity contribution in [2.45, 2.75) is 52.2 Å². The first-order valence-corrected chi connectivity index (χ1v) is 8.65. The predicted octanol–water partition coefficient (Wildman–Crippen LogP) is 4.46. The number of anilines is 1. The number of benzene rings is 1. The quantitative estimate of drug-likeness (QED) is 0.855. The van der Waals surface area contributed by atoms with Crippen molar-refractivity contribution in [3.63, 3.8) is 0 Å². The minimum absolute atomic E-state index is 0.375. The van der Waals surface area contributed by atoms with Crippen molar-refractivity contribution >= 4 is 27.7 Å². The number of alkyl carbamates (subject to hydrolysis) is 1. The van der Waals surface area contributed by atoms with E-state index in [4.69, 9.17) is 4.74 Å². The number of nitrogens with one attached hydrogen (secondary N) is 1. The molecule has 0 bridgehead atoms. The summed E-state index contributed by atoms with van der Waals surface area (Å²) in [5, 5.41) is 2.85. The molecule has 0 spiro atoms. The molecule has 0 unspecified atom stereocenters. The van der Waals surface area contributed by atoms with Crippen molar-refractivity contribution in [3.8, 4) is 0 Å². The highest BCUT2D eigenvalue weighted by Gasteiger charge is 2.18. The van der Waals surface area contributed by atoms with E-state index < -0.39 is 5.60 Å². The van der Waals surface area contributed by atoms with Gasteiger partial charge < -0.3 is 15.0 Å². The summed E-state index contributed by atoms with van der Waals surface area (Å²) in [6.07, 6.45) is 3.38. The Morgan fingerprint density at radius 2 is 1.95 bits per heavy atom. The van der Waals surface area contributed by atoms with Crippen LogP contribution in [0.3, 0.4) is 0 Å². The van der Waals surface area contributed by atoms with Crippen molar-refractivity contribution in [3.05, 3.63) is 28.2 Å². The largest absolute Gasteiger partial charge is 0.444 e. The number of piperidine rings is 1. The highest BCUT2D eigenvalue weighted by Crippen LogP contribution is 2.27. The molecule has 1 aliphatic rings. The van der Waals surface area contributed by atoms with Gasteiger partial charge in [-0.05, 0) is 57.7 Å². The second-order valence-corrected chi connectivity index (χ2v) is 7.59. The van der Waals surface area contributed by atoms with E-state index in [0.29, 0.717) is 6.54 Å². The monoisotopic (exact) mass is 368 g/mol. The van der Waals surface area contributed by atoms with Gasteiger partial charge in [0.1, 0.15) is 5.60 Å². The van der Waals surface area contributed by atoms with E-state index in [1.165, 1.54) is 24.9 Å². The molecular formula is C17H25BrN2O2. The van der Waals surface area contributed by atoms with Gasteiger partial charge in [0.15, 0.2) is 0 Å². The molecule has 0 atom stereocenters. The zero-order valence-corrected chi connectivity index (χ0v) is 15.2. The Kier molecular flexibility index (Phi) is 5.73. The number of nitrogens with zero attached hydrogens (tertiary/aromatic N) is 1. The minimum Gasteiger partial charge on any atom is -0.444 e. The molecule has 1 aromatic rings. The third-order valence-electron chi connectivity index (χ3n) is 3.57. The third-order valence-corrected chi connectivity index (χ3v) is 4.06. The van der Waals surface area contributed by atoms with Crippen LogP contribution in [-0.2, 0) is 11.3 Å². The molecule has 1 amide bonds. The first-order valence-electron chi connectivity index (χ1n) is 7.85. The van der Waals surface area contributed by atoms with Gasteiger partial charge in [0.2, 0.25) is 0 Å². The fraction of sp³-hybridized carbons (Fsp3) is 0.588. The lowest BCUT2D eigenvalue weighted by molar-refractivity contribution is 0.0523. The smallest absolute Gasteiger partial charge is 0.407 e. The topological polar surface area (TPSA) is 41.6 Å². The van der Waals surface area contributed by atoms with E-state index >= 15 is 0 Å². The maximum Gasteiger partial charge on any atom is 0.407 e. The number of carbonyl (C=O) groups excluding carboxylic acids is 1. The van der Waals surface area contributed by atoms with Gasteiger partial charge in [0.25, 0.3) is 0 Å². The number of hydrogen-bond donors (Lipinski definition) is 1. The molecule has 1 N–H and O–H groups in total. The molecule has 122 valence electrons. The van der Waals surface area contributed by atoms with Crippen molar-refractivity contribution in [1.29, 1.82) is 0 Å². The van der Waals surface area contributed by atoms with Crippen LogP contribution in [0.25, 0.3) is 0 Å². The van der Waals surface area contributed by atoms with Crippen molar-refractivity contribution in [2.75, 3.05) is 18.0 Å². The lowest BCUT2D eigenvalue weighted by atomic mass is 10.1. The lowest BCUT2D eigenvalue weighted by Crippen LogP contribution is -2.34. The van der Waals surface area contributed by atoms with Gasteiger partial charge in [-0.15, -0.1) is 0 Å². The molecule has 5 heteroatoms. The molecule has 0 aromatic heterocycles. The summed E-state index contributed by atoms with van der Waals surface area (Å²) >= 11 is 3.54. The molecule has 1 heterocycles. The number of halogens is 1. The van der Waals surface area contributed by atoms with Gasteiger partial charge in [-0.2, -0.15) is 0 Å². The SMILES string of the molecule is CC(C)(C)OC(=O)NCc1ccc(Br)cc1N1CCCCC1. The van der Waals surface area contributed by atoms with Crippen LogP contribution < -0.4 is 10.2 Å². The lowest BCUT2D eigenvalue weighted by Gasteiger charge is -2.31. The molecule has 1 aliphatic heterocycles. The molecule has 4 nitrogen and oxygen atoms in total. The average Bonchev–Trinajstić information content (AvgIpc) is 2.45. The number of amides is 1. The molecule has 0 saturated carbocycles. The zero-order valence-electron chi connectivity index (χ0n) is 13.6. The third kappa shape index (κ3) is 5.20. The van der Waals surface area contributed by atoms with E-state index in [1.807, 2.05) is 26.8 Å². The van der Waals surface area contributed by atoms with Crippen LogP contribution in [0.4, 0.5) is 10.5 Å². The Hall–Kier alpha value is -1.23. The van der Waals surface area contributed by atoms with Crippen LogP contribution in [0.2, 0.25) is 0 Å². The number of carbonyl (C=O) groups is 1. The first kappa shape index (κ1) is 17.1. The number of ether oxygens (including phenoxy) is 1. The van der Waals surface area contributed by atoms with Crippen molar-refractivity contribution < 1.29 is 9.53 Å². The molecular weight excluding hydrogens is 344 g/mol. The fourth-order valence-corrected chi connectivity index (χ4v) is 2.95. The highest BCUT2D eigenvalue weighted by molar-refractivity contribution is 9.10. The first-order chi connectivity index (χ1) is 10.3. The van der Waals surface area contributed by atoms with E-state index in [1.54, 1.807) is 0 Å². The van der Waals surface area contributed by atoms with Crippen LogP contribution in [0.5, 0.6) is 0 Å². The van der Waals surface area contributed by atoms with Crippen molar-refractivity contribution in [2.24, 2.45) is 0 Å². The minimum atomic E-state index is -0.473. The fourth-order valence-electron chi connectivity index (χ4n) is 2.60. The number of hydrogen-bond acceptors (Lipinski definition) is 3. The summed E-state index contributed by atoms with van der Waals surface area (Å²) in [6.45, 7) is 8.24. The summed E-state index contributed by atoms with van der Waals surface area (Å²) in [7, 11) is 0. The summed E-state index contributed by atoms with van der Waals surface area (Å²) in [4.78, 5) is 14.2. The van der Waals surface area contributed by atoms with Gasteiger partial charge in [0, 0.05) is 29.8 Å². The second kappa shape index (κ2) is 7.36. The van der Waals surface area contributed by atoms with Crippen molar-refractivity contribution in [1.82, 2.24) is 5.32 Å². The van der Waals surface area contributed by atoms with Crippen LogP contribution in [0.1, 0.15) is 45.6 Å². The second-order valence-electron chi connectivity index (χ2n) is 6.68. The molecule has 1 fully saturated rings. The summed E-state index contributed by atoms with van der Waals surface area (Å²) in [6, 6.07) is 6.21. The predicted molar refractivity (Wildman–Crippen MR) is 93.3 cm³/mol. The maximum atomic E-state index is 11.8. The Morgan fingerprint density at radius 1 is 1.27 bits per heavy atom. The Balaban J connectivity index is 2.05. The Bertz CT molecular complexity index is 520. The van der Waals surface area contributed by atoms with Gasteiger partial charge in [-0.1, -0.05) is 22.0 Å². The van der Waals surface area contributed by atoms with Gasteiger partial charge in [0.05, 0.1) is 0 Å². The number of rotatable bonds is 3. The van der Waals surface area contributed by atoms with Crippen LogP contribution in [0, 0.1) is 0 Å². The molecule has 0 radical (unpaired) electrons. The molecule has 22 heavy (non-hydrogen) atoms. The molecule has 2 rings (SSSR count). The summed E-state index contributed by atoms with van der Waals surface area (Å²) < 4.78 is 6.36. The van der Waals surface area contributed by atoms with E-state index in [0.717, 1.165) is 23.1 Å². The standard InChI is InChI=1S/C17H25BrN2O2/c1-17(2,3)22-16(21)19-12-13-7-8-14(18)11-15(13)20-9-5-4-6-10-20/h7-8,11H,4-6,9-10,12H2,1-3H3,(H,19,21). The zero-order chi connectivity index (χ0) is 16.2. The average molecular weight is 369 g/mol. The molecule has 0 aliphatic carbocycles. The van der Waals surface area contributed by atoms with Crippen LogP contribution >= 0.6 is 15.9 Å². The summed E-state index contributed by atoms with van der Waals surface area (Å²) in [5.41, 5.74) is 1.85. The summed E-state index contributed by atoms with van der Waals surface area (Å²) in [5.74, 6) is 0. The molecule has 1 saturated heterocycles. The van der Waals surface area contributed by atoms with E-state index in [-0.39, 0.29) is 6.09 Å². The van der Waals surface area contributed by atoms with E-state index in [9.17, 15) is 4.79 Å². The molecule has 1 aromatic carbocycles. The highest BCUT2D eigenvalue weighted by atomic mass is 79.9. The normalized spacial score (nSPS) is 15.5. The van der Waals surface area contributed by atoms with Crippen LogP contribution in [-0.4, -0.2) is 24.8 Å². The maximum absolute atomic E-state index is 11.8.